The molecule has 0 aliphatic heterocycles. The third kappa shape index (κ3) is 15.8. The fourth-order valence-corrected chi connectivity index (χ4v) is 0.600. The quantitative estimate of drug-likeness (QED) is 0.624. The molecule has 0 atom stereocenters. The van der Waals surface area contributed by atoms with Crippen molar-refractivity contribution in [3.05, 3.63) is 0 Å². The maximum absolute atomic E-state index is 4.02. The number of hydrogen-bond acceptors (Lipinski definition) is 2. The minimum absolute atomic E-state index is 0. The second kappa shape index (κ2) is 10.8. The Hall–Kier alpha value is 0.890. The summed E-state index contributed by atoms with van der Waals surface area (Å²) in [6.07, 6.45) is 0. The smallest absolute Gasteiger partial charge is 0.00637 e. The summed E-state index contributed by atoms with van der Waals surface area (Å²) in [5, 5.41) is 0. The zero-order chi connectivity index (χ0) is 4.99. The number of thiol groups is 1. The van der Waals surface area contributed by atoms with Crippen LogP contribution in [0.2, 0.25) is 0 Å². The molecule has 0 spiro atoms. The number of hydrogen-bond donors (Lipinski definition) is 1. The Morgan fingerprint density at radius 1 is 1.25 bits per heavy atom. The lowest BCUT2D eigenvalue weighted by Gasteiger charge is -2.03. The molecule has 1 nitrogen and oxygen atoms in total. The highest BCUT2D eigenvalue weighted by Gasteiger charge is 1.80. The lowest BCUT2D eigenvalue weighted by molar-refractivity contribution is 0.438. The summed E-state index contributed by atoms with van der Waals surface area (Å²) < 4.78 is 0. The van der Waals surface area contributed by atoms with Gasteiger partial charge in [0.05, 0.1) is 0 Å². The molecule has 0 amide bonds. The minimum atomic E-state index is 0. The normalized spacial score (nSPS) is 7.50. The molecule has 0 saturated carbocycles. The van der Waals surface area contributed by atoms with E-state index in [1.807, 2.05) is 14.1 Å². The summed E-state index contributed by atoms with van der Waals surface area (Å²) in [4.78, 5) is 2.10. The van der Waals surface area contributed by atoms with Crippen molar-refractivity contribution in [1.82, 2.24) is 4.90 Å². The molecular formula is C4H13Cl2NS. The number of halogens is 2. The Balaban J connectivity index is -0.000000125. The van der Waals surface area contributed by atoms with E-state index in [0.717, 1.165) is 12.3 Å². The molecule has 0 heterocycles. The van der Waals surface area contributed by atoms with Gasteiger partial charge in [-0.25, -0.2) is 0 Å². The molecule has 0 fully saturated rings. The SMILES string of the molecule is CN(C)CCS.Cl.Cl. The topological polar surface area (TPSA) is 3.24 Å². The molecule has 0 radical (unpaired) electrons. The average Bonchev–Trinajstić information content (AvgIpc) is 1.35. The van der Waals surface area contributed by atoms with E-state index < -0.39 is 0 Å². The highest BCUT2D eigenvalue weighted by atomic mass is 35.5. The molecule has 0 bridgehead atoms. The summed E-state index contributed by atoms with van der Waals surface area (Å²) in [6, 6.07) is 0. The number of nitrogens with zero attached hydrogens (tertiary/aromatic N) is 1. The van der Waals surface area contributed by atoms with E-state index >= 15 is 0 Å². The van der Waals surface area contributed by atoms with Crippen molar-refractivity contribution in [3.63, 3.8) is 0 Å². The van der Waals surface area contributed by atoms with E-state index in [9.17, 15) is 0 Å². The molecular weight excluding hydrogens is 165 g/mol. The first kappa shape index (κ1) is 16.0. The predicted octanol–water partition coefficient (Wildman–Crippen LogP) is 1.32. The standard InChI is InChI=1S/C4H11NS.2ClH/c1-5(2)3-4-6;;/h6H,3-4H2,1-2H3;2*1H. The van der Waals surface area contributed by atoms with Gasteiger partial charge < -0.3 is 4.90 Å². The molecule has 8 heavy (non-hydrogen) atoms. The largest absolute Gasteiger partial charge is 0.309 e. The van der Waals surface area contributed by atoms with Crippen molar-refractivity contribution in [1.29, 1.82) is 0 Å². The maximum atomic E-state index is 4.02. The van der Waals surface area contributed by atoms with Gasteiger partial charge in [0.1, 0.15) is 0 Å². The molecule has 0 aromatic carbocycles. The molecule has 0 aliphatic carbocycles. The summed E-state index contributed by atoms with van der Waals surface area (Å²) >= 11 is 4.02. The molecule has 0 aliphatic rings. The van der Waals surface area contributed by atoms with Crippen LogP contribution < -0.4 is 0 Å². The summed E-state index contributed by atoms with van der Waals surface area (Å²) in [6.45, 7) is 1.07. The highest BCUT2D eigenvalue weighted by Crippen LogP contribution is 1.74. The molecule has 0 unspecified atom stereocenters. The van der Waals surface area contributed by atoms with Crippen LogP contribution in [0.15, 0.2) is 0 Å². The average molecular weight is 178 g/mol. The van der Waals surface area contributed by atoms with E-state index in [1.54, 1.807) is 0 Å². The van der Waals surface area contributed by atoms with E-state index in [0.29, 0.717) is 0 Å². The fourth-order valence-electron chi connectivity index (χ4n) is 0.200. The lowest BCUT2D eigenvalue weighted by Crippen LogP contribution is -2.13. The molecule has 0 aromatic heterocycles. The van der Waals surface area contributed by atoms with Gasteiger partial charge >= 0.3 is 0 Å². The molecule has 0 saturated heterocycles. The van der Waals surface area contributed by atoms with E-state index in [2.05, 4.69) is 17.5 Å². The van der Waals surface area contributed by atoms with E-state index in [1.165, 1.54) is 0 Å². The van der Waals surface area contributed by atoms with Gasteiger partial charge in [-0.1, -0.05) is 0 Å². The first-order valence-electron chi connectivity index (χ1n) is 2.03. The third-order valence-corrected chi connectivity index (χ3v) is 0.747. The van der Waals surface area contributed by atoms with Crippen LogP contribution in [0.4, 0.5) is 0 Å². The van der Waals surface area contributed by atoms with Crippen LogP contribution in [0, 0.1) is 0 Å². The Bertz CT molecular complexity index is 35.2. The van der Waals surface area contributed by atoms with E-state index in [-0.39, 0.29) is 24.8 Å². The third-order valence-electron chi connectivity index (χ3n) is 0.547. The van der Waals surface area contributed by atoms with Crippen LogP contribution in [-0.4, -0.2) is 31.3 Å². The first-order chi connectivity index (χ1) is 2.77. The molecule has 4 heteroatoms. The Labute approximate surface area is 69.1 Å². The second-order valence-corrected chi connectivity index (χ2v) is 1.97. The van der Waals surface area contributed by atoms with Gasteiger partial charge in [-0.05, 0) is 14.1 Å². The van der Waals surface area contributed by atoms with E-state index in [4.69, 9.17) is 0 Å². The Kier molecular flexibility index (Phi) is 21.5. The summed E-state index contributed by atoms with van der Waals surface area (Å²) in [5.41, 5.74) is 0. The van der Waals surface area contributed by atoms with Gasteiger partial charge in [-0.2, -0.15) is 12.6 Å². The highest BCUT2D eigenvalue weighted by molar-refractivity contribution is 7.80. The summed E-state index contributed by atoms with van der Waals surface area (Å²) in [7, 11) is 4.08. The van der Waals surface area contributed by atoms with Crippen molar-refractivity contribution in [2.45, 2.75) is 0 Å². The second-order valence-electron chi connectivity index (χ2n) is 1.53. The zero-order valence-electron chi connectivity index (χ0n) is 5.13. The van der Waals surface area contributed by atoms with Crippen molar-refractivity contribution in [2.24, 2.45) is 0 Å². The van der Waals surface area contributed by atoms with Gasteiger partial charge in [0, 0.05) is 12.3 Å². The fraction of sp³-hybridized carbons (Fsp3) is 1.00. The van der Waals surface area contributed by atoms with Crippen LogP contribution in [0.3, 0.4) is 0 Å². The summed E-state index contributed by atoms with van der Waals surface area (Å²) in [5.74, 6) is 0.951. The molecule has 0 aromatic rings. The molecule has 54 valence electrons. The van der Waals surface area contributed by atoms with Gasteiger partial charge in [0.2, 0.25) is 0 Å². The monoisotopic (exact) mass is 177 g/mol. The van der Waals surface area contributed by atoms with Crippen LogP contribution in [0.25, 0.3) is 0 Å². The molecule has 0 rings (SSSR count). The zero-order valence-corrected chi connectivity index (χ0v) is 7.65. The van der Waals surface area contributed by atoms with Gasteiger partial charge in [0.25, 0.3) is 0 Å². The maximum Gasteiger partial charge on any atom is 0.00637 e. The van der Waals surface area contributed by atoms with Crippen molar-refractivity contribution >= 4 is 37.4 Å². The van der Waals surface area contributed by atoms with Gasteiger partial charge in [-0.3, -0.25) is 0 Å². The lowest BCUT2D eigenvalue weighted by atomic mass is 10.7. The van der Waals surface area contributed by atoms with Crippen LogP contribution >= 0.6 is 37.4 Å². The predicted molar refractivity (Wildman–Crippen MR) is 46.9 cm³/mol. The minimum Gasteiger partial charge on any atom is -0.309 e. The Morgan fingerprint density at radius 3 is 1.62 bits per heavy atom. The van der Waals surface area contributed by atoms with Crippen molar-refractivity contribution < 1.29 is 0 Å². The van der Waals surface area contributed by atoms with Crippen LogP contribution in [0.1, 0.15) is 0 Å². The van der Waals surface area contributed by atoms with Crippen LogP contribution in [0.5, 0.6) is 0 Å². The first-order valence-corrected chi connectivity index (χ1v) is 2.66. The van der Waals surface area contributed by atoms with Crippen molar-refractivity contribution in [2.75, 3.05) is 26.4 Å². The van der Waals surface area contributed by atoms with Crippen molar-refractivity contribution in [3.8, 4) is 0 Å². The Morgan fingerprint density at radius 2 is 1.62 bits per heavy atom. The number of rotatable bonds is 2. The molecule has 0 N–H and O–H groups in total. The van der Waals surface area contributed by atoms with Gasteiger partial charge in [-0.15, -0.1) is 24.8 Å². The van der Waals surface area contributed by atoms with Crippen LogP contribution in [-0.2, 0) is 0 Å². The van der Waals surface area contributed by atoms with Gasteiger partial charge in [0.15, 0.2) is 0 Å².